The fourth-order valence-corrected chi connectivity index (χ4v) is 1.87. The van der Waals surface area contributed by atoms with E-state index >= 15 is 0 Å². The van der Waals surface area contributed by atoms with Gasteiger partial charge in [-0.2, -0.15) is 0 Å². The van der Waals surface area contributed by atoms with Crippen molar-refractivity contribution in [3.63, 3.8) is 0 Å². The number of halogens is 2. The third-order valence-corrected chi connectivity index (χ3v) is 3.22. The van der Waals surface area contributed by atoms with Crippen LogP contribution < -0.4 is 20.3 Å². The van der Waals surface area contributed by atoms with Gasteiger partial charge in [0.1, 0.15) is 23.1 Å². The van der Waals surface area contributed by atoms with Crippen molar-refractivity contribution in [2.24, 2.45) is 0 Å². The molecule has 0 spiro atoms. The summed E-state index contributed by atoms with van der Waals surface area (Å²) in [4.78, 5) is 23.8. The predicted octanol–water partition coefficient (Wildman–Crippen LogP) is 2.20. The molecule has 0 aliphatic carbocycles. The number of rotatable bonds is 5. The summed E-state index contributed by atoms with van der Waals surface area (Å²) in [6, 6.07) is 8.81. The standard InChI is InChI=1S/C17H16F2N2O4/c1-10(25-12-5-3-11(18)4-6-12)16(22)20-21-17(23)14-8-7-13(24-2)9-15(14)19/h3-10H,1-2H3,(H,20,22)(H,21,23)/t10-/m1/s1. The quantitative estimate of drug-likeness (QED) is 0.811. The molecule has 2 N–H and O–H groups in total. The van der Waals surface area contributed by atoms with Crippen LogP contribution >= 0.6 is 0 Å². The maximum absolute atomic E-state index is 13.8. The SMILES string of the molecule is COc1ccc(C(=O)NNC(=O)[C@@H](C)Oc2ccc(F)cc2)c(F)c1. The van der Waals surface area contributed by atoms with Gasteiger partial charge >= 0.3 is 0 Å². The summed E-state index contributed by atoms with van der Waals surface area (Å²) in [5, 5.41) is 0. The highest BCUT2D eigenvalue weighted by molar-refractivity contribution is 5.96. The lowest BCUT2D eigenvalue weighted by atomic mass is 10.2. The maximum Gasteiger partial charge on any atom is 0.279 e. The summed E-state index contributed by atoms with van der Waals surface area (Å²) in [5.41, 5.74) is 3.97. The Balaban J connectivity index is 1.90. The Kier molecular flexibility index (Phi) is 5.89. The fourth-order valence-electron chi connectivity index (χ4n) is 1.87. The summed E-state index contributed by atoms with van der Waals surface area (Å²) in [7, 11) is 1.37. The smallest absolute Gasteiger partial charge is 0.279 e. The Hall–Kier alpha value is -3.16. The second kappa shape index (κ2) is 8.09. The number of hydrazine groups is 1. The molecule has 0 aromatic heterocycles. The molecule has 1 atom stereocenters. The molecule has 6 nitrogen and oxygen atoms in total. The van der Waals surface area contributed by atoms with Crippen LogP contribution in [-0.2, 0) is 4.79 Å². The second-order valence-corrected chi connectivity index (χ2v) is 5.00. The molecule has 8 heteroatoms. The van der Waals surface area contributed by atoms with E-state index in [1.165, 1.54) is 50.4 Å². The second-order valence-electron chi connectivity index (χ2n) is 5.00. The Morgan fingerprint density at radius 2 is 1.64 bits per heavy atom. The highest BCUT2D eigenvalue weighted by Gasteiger charge is 2.17. The van der Waals surface area contributed by atoms with Crippen molar-refractivity contribution in [3.05, 3.63) is 59.7 Å². The van der Waals surface area contributed by atoms with Crippen molar-refractivity contribution < 1.29 is 27.8 Å². The van der Waals surface area contributed by atoms with Gasteiger partial charge in [-0.1, -0.05) is 0 Å². The van der Waals surface area contributed by atoms with E-state index in [2.05, 4.69) is 10.9 Å². The Morgan fingerprint density at radius 3 is 2.24 bits per heavy atom. The number of nitrogens with one attached hydrogen (secondary N) is 2. The van der Waals surface area contributed by atoms with E-state index in [9.17, 15) is 18.4 Å². The predicted molar refractivity (Wildman–Crippen MR) is 85.1 cm³/mol. The lowest BCUT2D eigenvalue weighted by Crippen LogP contribution is -2.47. The fraction of sp³-hybridized carbons (Fsp3) is 0.176. The van der Waals surface area contributed by atoms with E-state index in [-0.39, 0.29) is 17.1 Å². The van der Waals surface area contributed by atoms with Crippen LogP contribution in [-0.4, -0.2) is 25.0 Å². The summed E-state index contributed by atoms with van der Waals surface area (Å²) < 4.78 is 36.7. The maximum atomic E-state index is 13.8. The zero-order valence-corrected chi connectivity index (χ0v) is 13.5. The zero-order valence-electron chi connectivity index (χ0n) is 13.5. The van der Waals surface area contributed by atoms with E-state index < -0.39 is 29.6 Å². The van der Waals surface area contributed by atoms with E-state index in [0.29, 0.717) is 0 Å². The van der Waals surface area contributed by atoms with Gasteiger partial charge in [-0.25, -0.2) is 8.78 Å². The van der Waals surface area contributed by atoms with Gasteiger partial charge in [0, 0.05) is 6.07 Å². The van der Waals surface area contributed by atoms with Gasteiger partial charge in [0.15, 0.2) is 6.10 Å². The van der Waals surface area contributed by atoms with E-state index in [1.807, 2.05) is 0 Å². The first-order valence-corrected chi connectivity index (χ1v) is 7.26. The molecule has 132 valence electrons. The van der Waals surface area contributed by atoms with Crippen molar-refractivity contribution in [3.8, 4) is 11.5 Å². The Morgan fingerprint density at radius 1 is 1.00 bits per heavy atom. The number of carbonyl (C=O) groups is 2. The van der Waals surface area contributed by atoms with Crippen molar-refractivity contribution in [2.75, 3.05) is 7.11 Å². The third kappa shape index (κ3) is 4.90. The van der Waals surface area contributed by atoms with E-state index in [1.54, 1.807) is 0 Å². The summed E-state index contributed by atoms with van der Waals surface area (Å²) in [5.74, 6) is -2.16. The van der Waals surface area contributed by atoms with E-state index in [0.717, 1.165) is 6.07 Å². The number of carbonyl (C=O) groups excluding carboxylic acids is 2. The highest BCUT2D eigenvalue weighted by atomic mass is 19.1. The van der Waals surface area contributed by atoms with Crippen LogP contribution in [0.1, 0.15) is 17.3 Å². The Labute approximate surface area is 142 Å². The minimum absolute atomic E-state index is 0.256. The van der Waals surface area contributed by atoms with Crippen LogP contribution in [0, 0.1) is 11.6 Å². The Bertz CT molecular complexity index is 766. The van der Waals surface area contributed by atoms with Gasteiger partial charge < -0.3 is 9.47 Å². The zero-order chi connectivity index (χ0) is 18.4. The first kappa shape index (κ1) is 18.2. The number of hydrogen-bond acceptors (Lipinski definition) is 4. The lowest BCUT2D eigenvalue weighted by Gasteiger charge is -2.15. The van der Waals surface area contributed by atoms with E-state index in [4.69, 9.17) is 9.47 Å². The molecular weight excluding hydrogens is 334 g/mol. The van der Waals surface area contributed by atoms with Crippen molar-refractivity contribution in [1.82, 2.24) is 10.9 Å². The van der Waals surface area contributed by atoms with Crippen LogP contribution in [0.15, 0.2) is 42.5 Å². The molecule has 0 unspecified atom stereocenters. The molecule has 0 heterocycles. The molecule has 0 saturated heterocycles. The first-order chi connectivity index (χ1) is 11.9. The minimum atomic E-state index is -0.966. The first-order valence-electron chi connectivity index (χ1n) is 7.26. The highest BCUT2D eigenvalue weighted by Crippen LogP contribution is 2.16. The molecule has 0 aliphatic heterocycles. The molecule has 0 aliphatic rings. The minimum Gasteiger partial charge on any atom is -0.497 e. The van der Waals surface area contributed by atoms with Gasteiger partial charge in [0.05, 0.1) is 12.7 Å². The number of ether oxygens (including phenoxy) is 2. The molecule has 2 amide bonds. The van der Waals surface area contributed by atoms with Crippen LogP contribution in [0.2, 0.25) is 0 Å². The molecule has 2 aromatic carbocycles. The van der Waals surface area contributed by atoms with Gasteiger partial charge in [-0.15, -0.1) is 0 Å². The number of methoxy groups -OCH3 is 1. The average Bonchev–Trinajstić information content (AvgIpc) is 2.61. The van der Waals surface area contributed by atoms with Crippen LogP contribution in [0.3, 0.4) is 0 Å². The largest absolute Gasteiger partial charge is 0.497 e. The summed E-state index contributed by atoms with van der Waals surface area (Å²) >= 11 is 0. The molecule has 0 fully saturated rings. The summed E-state index contributed by atoms with van der Waals surface area (Å²) in [6.07, 6.45) is -0.966. The van der Waals surface area contributed by atoms with Crippen LogP contribution in [0.25, 0.3) is 0 Å². The lowest BCUT2D eigenvalue weighted by molar-refractivity contribution is -0.128. The monoisotopic (exact) mass is 350 g/mol. The number of amides is 2. The molecular formula is C17H16F2N2O4. The molecule has 0 bridgehead atoms. The van der Waals surface area contributed by atoms with Crippen LogP contribution in [0.4, 0.5) is 8.78 Å². The number of hydrogen-bond donors (Lipinski definition) is 2. The van der Waals surface area contributed by atoms with Crippen molar-refractivity contribution >= 4 is 11.8 Å². The molecule has 25 heavy (non-hydrogen) atoms. The van der Waals surface area contributed by atoms with Crippen LogP contribution in [0.5, 0.6) is 11.5 Å². The third-order valence-electron chi connectivity index (χ3n) is 3.22. The van der Waals surface area contributed by atoms with Gasteiger partial charge in [-0.3, -0.25) is 20.4 Å². The molecule has 2 rings (SSSR count). The molecule has 0 radical (unpaired) electrons. The van der Waals surface area contributed by atoms with Crippen molar-refractivity contribution in [2.45, 2.75) is 13.0 Å². The topological polar surface area (TPSA) is 76.7 Å². The van der Waals surface area contributed by atoms with Gasteiger partial charge in [0.25, 0.3) is 11.8 Å². The van der Waals surface area contributed by atoms with Crippen molar-refractivity contribution in [1.29, 1.82) is 0 Å². The van der Waals surface area contributed by atoms with Gasteiger partial charge in [0.2, 0.25) is 0 Å². The molecule has 0 saturated carbocycles. The number of benzene rings is 2. The summed E-state index contributed by atoms with van der Waals surface area (Å²) in [6.45, 7) is 1.44. The normalized spacial score (nSPS) is 11.4. The van der Waals surface area contributed by atoms with Gasteiger partial charge in [-0.05, 0) is 43.3 Å². The molecule has 2 aromatic rings. The average molecular weight is 350 g/mol.